The van der Waals surface area contributed by atoms with Crippen LogP contribution in [0.2, 0.25) is 0 Å². The third kappa shape index (κ3) is 1.93. The third-order valence-corrected chi connectivity index (χ3v) is 3.37. The maximum Gasteiger partial charge on any atom is 0.124 e. The Kier molecular flexibility index (Phi) is 2.39. The molecule has 0 amide bonds. The van der Waals surface area contributed by atoms with Crippen molar-refractivity contribution in [2.24, 2.45) is 0 Å². The van der Waals surface area contributed by atoms with Gasteiger partial charge in [-0.25, -0.2) is 4.68 Å². The van der Waals surface area contributed by atoms with Gasteiger partial charge in [0.15, 0.2) is 0 Å². The fourth-order valence-corrected chi connectivity index (χ4v) is 2.39. The van der Waals surface area contributed by atoms with Gasteiger partial charge in [-0.2, -0.15) is 5.10 Å². The molecule has 1 unspecified atom stereocenters. The summed E-state index contributed by atoms with van der Waals surface area (Å²) >= 11 is 0. The van der Waals surface area contributed by atoms with Crippen molar-refractivity contribution in [3.8, 4) is 0 Å². The highest BCUT2D eigenvalue weighted by molar-refractivity contribution is 5.40. The van der Waals surface area contributed by atoms with Gasteiger partial charge in [0.2, 0.25) is 0 Å². The molecule has 17 heavy (non-hydrogen) atoms. The molecule has 0 saturated carbocycles. The Balaban J connectivity index is 1.86. The van der Waals surface area contributed by atoms with E-state index in [0.717, 1.165) is 24.6 Å². The van der Waals surface area contributed by atoms with Crippen LogP contribution in [0.4, 0.5) is 5.82 Å². The summed E-state index contributed by atoms with van der Waals surface area (Å²) < 4.78 is 2.07. The van der Waals surface area contributed by atoms with Crippen molar-refractivity contribution in [1.82, 2.24) is 9.78 Å². The van der Waals surface area contributed by atoms with Crippen molar-refractivity contribution in [2.75, 3.05) is 11.9 Å². The normalized spacial score (nSPS) is 18.6. The summed E-state index contributed by atoms with van der Waals surface area (Å²) in [5, 5.41) is 7.95. The zero-order valence-corrected chi connectivity index (χ0v) is 10.3. The zero-order chi connectivity index (χ0) is 11.8. The van der Waals surface area contributed by atoms with Crippen molar-refractivity contribution >= 4 is 5.82 Å². The van der Waals surface area contributed by atoms with Gasteiger partial charge in [-0.3, -0.25) is 0 Å². The molecule has 3 rings (SSSR count). The number of aryl methyl sites for hydroxylation is 2. The van der Waals surface area contributed by atoms with Crippen molar-refractivity contribution in [3.05, 3.63) is 47.2 Å². The van der Waals surface area contributed by atoms with Gasteiger partial charge >= 0.3 is 0 Å². The van der Waals surface area contributed by atoms with E-state index in [-0.39, 0.29) is 0 Å². The quantitative estimate of drug-likeness (QED) is 0.811. The Morgan fingerprint density at radius 2 is 2.00 bits per heavy atom. The average Bonchev–Trinajstić information content (AvgIpc) is 2.69. The summed E-state index contributed by atoms with van der Waals surface area (Å²) in [7, 11) is 0. The van der Waals surface area contributed by atoms with Crippen LogP contribution < -0.4 is 5.32 Å². The minimum atomic E-state index is 0.516. The fourth-order valence-electron chi connectivity index (χ4n) is 2.39. The third-order valence-electron chi connectivity index (χ3n) is 3.37. The Hall–Kier alpha value is -1.77. The minimum Gasteiger partial charge on any atom is -0.370 e. The van der Waals surface area contributed by atoms with Gasteiger partial charge in [-0.05, 0) is 19.4 Å². The Bertz CT molecular complexity index is 525. The molecule has 1 aromatic heterocycles. The average molecular weight is 227 g/mol. The molecular weight excluding hydrogens is 210 g/mol. The zero-order valence-electron chi connectivity index (χ0n) is 10.3. The second-order valence-corrected chi connectivity index (χ2v) is 4.84. The molecule has 3 heteroatoms. The molecule has 88 valence electrons. The second kappa shape index (κ2) is 3.91. The summed E-state index contributed by atoms with van der Waals surface area (Å²) in [4.78, 5) is 0. The highest BCUT2D eigenvalue weighted by Crippen LogP contribution is 2.25. The van der Waals surface area contributed by atoms with Crippen LogP contribution in [0.5, 0.6) is 0 Å². The number of fused-ring (bicyclic) bond motifs is 1. The molecule has 1 N–H and O–H groups in total. The first-order chi connectivity index (χ1) is 8.22. The first-order valence-electron chi connectivity index (χ1n) is 6.07. The van der Waals surface area contributed by atoms with Gasteiger partial charge in [0.25, 0.3) is 0 Å². The summed E-state index contributed by atoms with van der Waals surface area (Å²) in [5.41, 5.74) is 3.78. The molecule has 0 saturated heterocycles. The van der Waals surface area contributed by atoms with Gasteiger partial charge < -0.3 is 5.32 Å². The van der Waals surface area contributed by atoms with E-state index >= 15 is 0 Å². The molecule has 0 aliphatic carbocycles. The molecular formula is C14H17N3. The number of nitrogens with one attached hydrogen (secondary N) is 1. The van der Waals surface area contributed by atoms with Gasteiger partial charge in [-0.15, -0.1) is 0 Å². The maximum absolute atomic E-state index is 4.50. The molecule has 0 bridgehead atoms. The minimum absolute atomic E-state index is 0.516. The summed E-state index contributed by atoms with van der Waals surface area (Å²) in [6.07, 6.45) is 0. The smallest absolute Gasteiger partial charge is 0.124 e. The van der Waals surface area contributed by atoms with E-state index in [4.69, 9.17) is 0 Å². The van der Waals surface area contributed by atoms with Crippen molar-refractivity contribution < 1.29 is 0 Å². The van der Waals surface area contributed by atoms with Crippen LogP contribution in [0, 0.1) is 13.8 Å². The Labute approximate surface area is 101 Å². The summed E-state index contributed by atoms with van der Waals surface area (Å²) in [6, 6.07) is 10.9. The Morgan fingerprint density at radius 3 is 2.76 bits per heavy atom. The van der Waals surface area contributed by atoms with Gasteiger partial charge in [0, 0.05) is 18.5 Å². The van der Waals surface area contributed by atoms with E-state index in [2.05, 4.69) is 52.4 Å². The second-order valence-electron chi connectivity index (χ2n) is 4.84. The molecule has 1 aliphatic heterocycles. The van der Waals surface area contributed by atoms with Crippen LogP contribution in [0.3, 0.4) is 0 Å². The predicted molar refractivity (Wildman–Crippen MR) is 69.4 cm³/mol. The van der Waals surface area contributed by atoms with E-state index in [0.29, 0.717) is 5.92 Å². The molecule has 0 spiro atoms. The lowest BCUT2D eigenvalue weighted by Crippen LogP contribution is -2.26. The van der Waals surface area contributed by atoms with Crippen LogP contribution >= 0.6 is 0 Å². The molecule has 2 heterocycles. The van der Waals surface area contributed by atoms with E-state index < -0.39 is 0 Å². The van der Waals surface area contributed by atoms with E-state index in [9.17, 15) is 0 Å². The highest BCUT2D eigenvalue weighted by Gasteiger charge is 2.20. The fraction of sp³-hybridized carbons (Fsp3) is 0.357. The predicted octanol–water partition coefficient (Wildman–Crippen LogP) is 2.71. The van der Waals surface area contributed by atoms with E-state index in [1.165, 1.54) is 11.1 Å². The number of rotatable bonds is 1. The van der Waals surface area contributed by atoms with Crippen molar-refractivity contribution in [1.29, 1.82) is 0 Å². The topological polar surface area (TPSA) is 29.9 Å². The molecule has 1 atom stereocenters. The van der Waals surface area contributed by atoms with Crippen molar-refractivity contribution in [3.63, 3.8) is 0 Å². The molecule has 0 radical (unpaired) electrons. The van der Waals surface area contributed by atoms with Crippen LogP contribution in [-0.2, 0) is 6.54 Å². The lowest BCUT2D eigenvalue weighted by Gasteiger charge is -2.25. The maximum atomic E-state index is 4.50. The Morgan fingerprint density at radius 1 is 1.24 bits per heavy atom. The van der Waals surface area contributed by atoms with Gasteiger partial charge in [0.05, 0.1) is 12.2 Å². The lowest BCUT2D eigenvalue weighted by molar-refractivity contribution is 0.503. The standard InChI is InChI=1S/C14H17N3/c1-10-3-5-12(6-4-10)13-8-15-14-7-11(2)16-17(14)9-13/h3-7,13,15H,8-9H2,1-2H3. The summed E-state index contributed by atoms with van der Waals surface area (Å²) in [5.74, 6) is 1.66. The van der Waals surface area contributed by atoms with Gasteiger partial charge in [-0.1, -0.05) is 29.8 Å². The largest absolute Gasteiger partial charge is 0.370 e. The number of hydrogen-bond donors (Lipinski definition) is 1. The van der Waals surface area contributed by atoms with Crippen molar-refractivity contribution in [2.45, 2.75) is 26.3 Å². The van der Waals surface area contributed by atoms with Crippen LogP contribution in [0.15, 0.2) is 30.3 Å². The van der Waals surface area contributed by atoms with Crippen LogP contribution in [-0.4, -0.2) is 16.3 Å². The van der Waals surface area contributed by atoms with Gasteiger partial charge in [0.1, 0.15) is 5.82 Å². The number of anilines is 1. The molecule has 1 aliphatic rings. The number of nitrogens with zero attached hydrogens (tertiary/aromatic N) is 2. The van der Waals surface area contributed by atoms with E-state index in [1.54, 1.807) is 0 Å². The lowest BCUT2D eigenvalue weighted by atomic mass is 9.97. The highest BCUT2D eigenvalue weighted by atomic mass is 15.3. The monoisotopic (exact) mass is 227 g/mol. The molecule has 1 aromatic carbocycles. The number of aromatic nitrogens is 2. The van der Waals surface area contributed by atoms with Crippen LogP contribution in [0.1, 0.15) is 22.7 Å². The first kappa shape index (κ1) is 10.4. The summed E-state index contributed by atoms with van der Waals surface area (Å²) in [6.45, 7) is 6.12. The number of benzene rings is 1. The molecule has 0 fully saturated rings. The SMILES string of the molecule is Cc1ccc(C2CNc3cc(C)nn3C2)cc1. The van der Waals surface area contributed by atoms with E-state index in [1.807, 2.05) is 6.92 Å². The first-order valence-corrected chi connectivity index (χ1v) is 6.07. The van der Waals surface area contributed by atoms with Crippen LogP contribution in [0.25, 0.3) is 0 Å². The molecule has 3 nitrogen and oxygen atoms in total. The molecule has 2 aromatic rings. The number of hydrogen-bond acceptors (Lipinski definition) is 2.